The second-order valence-electron chi connectivity index (χ2n) is 9.82. The Bertz CT molecular complexity index is 843. The summed E-state index contributed by atoms with van der Waals surface area (Å²) in [6, 6.07) is 1.23. The summed E-state index contributed by atoms with van der Waals surface area (Å²) < 4.78 is 25.9. The first kappa shape index (κ1) is 25.6. The lowest BCUT2D eigenvalue weighted by atomic mass is 9.73. The molecule has 2 heterocycles. The van der Waals surface area contributed by atoms with Crippen molar-refractivity contribution in [2.75, 3.05) is 13.7 Å². The second-order valence-corrected chi connectivity index (χ2v) is 9.82. The summed E-state index contributed by atoms with van der Waals surface area (Å²) in [5.41, 5.74) is 1.08. The molecule has 0 bridgehead atoms. The van der Waals surface area contributed by atoms with E-state index >= 15 is 0 Å². The Morgan fingerprint density at radius 2 is 2.18 bits per heavy atom. The Hall–Kier alpha value is -2.03. The molecular weight excluding hydrogens is 425 g/mol. The fraction of sp³-hybridized carbons (Fsp3) is 0.680. The average Bonchev–Trinajstić information content (AvgIpc) is 2.75. The zero-order chi connectivity index (χ0) is 24.2. The Kier molecular flexibility index (Phi) is 8.48. The summed E-state index contributed by atoms with van der Waals surface area (Å²) in [4.78, 5) is 16.4. The summed E-state index contributed by atoms with van der Waals surface area (Å²) >= 11 is 0. The lowest BCUT2D eigenvalue weighted by Crippen LogP contribution is -2.52. The third-order valence-corrected chi connectivity index (χ3v) is 6.71. The van der Waals surface area contributed by atoms with Gasteiger partial charge in [-0.15, -0.1) is 6.58 Å². The maximum absolute atomic E-state index is 14.6. The number of carbonyl (C=O) groups is 1. The number of rotatable bonds is 11. The normalized spacial score (nSPS) is 21.5. The van der Waals surface area contributed by atoms with Crippen LogP contribution in [0.2, 0.25) is 0 Å². The highest BCUT2D eigenvalue weighted by molar-refractivity contribution is 5.80. The quantitative estimate of drug-likeness (QED) is 0.345. The molecule has 184 valence electrons. The van der Waals surface area contributed by atoms with Crippen LogP contribution in [0.5, 0.6) is 5.88 Å². The van der Waals surface area contributed by atoms with Gasteiger partial charge in [0.05, 0.1) is 12.1 Å². The van der Waals surface area contributed by atoms with Crippen LogP contribution in [0.25, 0.3) is 0 Å². The monoisotopic (exact) mass is 463 g/mol. The van der Waals surface area contributed by atoms with Gasteiger partial charge >= 0.3 is 0 Å². The van der Waals surface area contributed by atoms with E-state index in [1.54, 1.807) is 13.0 Å². The van der Waals surface area contributed by atoms with Crippen LogP contribution >= 0.6 is 0 Å². The number of methoxy groups -OCH3 is 1. The van der Waals surface area contributed by atoms with Gasteiger partial charge < -0.3 is 25.2 Å². The van der Waals surface area contributed by atoms with Crippen molar-refractivity contribution < 1.29 is 23.8 Å². The fourth-order valence-corrected chi connectivity index (χ4v) is 4.54. The molecule has 8 heteroatoms. The first-order valence-corrected chi connectivity index (χ1v) is 11.9. The Labute approximate surface area is 196 Å². The van der Waals surface area contributed by atoms with Gasteiger partial charge in [-0.2, -0.15) is 9.37 Å². The zero-order valence-electron chi connectivity index (χ0n) is 20.2. The molecule has 2 aliphatic rings. The molecule has 0 saturated heterocycles. The number of halogens is 1. The summed E-state index contributed by atoms with van der Waals surface area (Å²) in [5.74, 6) is -0.111. The highest BCUT2D eigenvalue weighted by Gasteiger charge is 2.46. The number of amides is 1. The van der Waals surface area contributed by atoms with Crippen LogP contribution in [0.1, 0.15) is 70.0 Å². The van der Waals surface area contributed by atoms with Crippen molar-refractivity contribution in [3.63, 3.8) is 0 Å². The number of ether oxygens (including phenoxy) is 2. The number of aliphatic hydroxyl groups is 1. The molecule has 1 fully saturated rings. The number of hydrogen-bond donors (Lipinski definition) is 3. The van der Waals surface area contributed by atoms with Crippen LogP contribution in [-0.4, -0.2) is 53.5 Å². The van der Waals surface area contributed by atoms with Crippen molar-refractivity contribution in [1.29, 1.82) is 0 Å². The molecule has 0 radical (unpaired) electrons. The molecular formula is C25H38FN3O4. The van der Waals surface area contributed by atoms with Crippen LogP contribution in [0, 0.1) is 11.9 Å². The van der Waals surface area contributed by atoms with E-state index in [-0.39, 0.29) is 24.1 Å². The van der Waals surface area contributed by atoms with E-state index in [0.717, 1.165) is 31.2 Å². The maximum atomic E-state index is 14.6. The Morgan fingerprint density at radius 1 is 1.45 bits per heavy atom. The molecule has 3 rings (SSSR count). The first-order valence-electron chi connectivity index (χ1n) is 11.9. The number of nitrogens with zero attached hydrogens (tertiary/aromatic N) is 1. The van der Waals surface area contributed by atoms with Gasteiger partial charge in [-0.05, 0) is 51.0 Å². The predicted octanol–water partition coefficient (Wildman–Crippen LogP) is 3.21. The van der Waals surface area contributed by atoms with Crippen LogP contribution in [0.4, 0.5) is 4.39 Å². The molecule has 1 spiro atoms. The van der Waals surface area contributed by atoms with Gasteiger partial charge in [0.2, 0.25) is 17.7 Å². The first-order chi connectivity index (χ1) is 15.7. The third-order valence-electron chi connectivity index (χ3n) is 6.71. The maximum Gasteiger partial charge on any atom is 0.249 e. The van der Waals surface area contributed by atoms with Crippen LogP contribution < -0.4 is 15.4 Å². The van der Waals surface area contributed by atoms with E-state index in [2.05, 4.69) is 22.2 Å². The van der Waals surface area contributed by atoms with Crippen molar-refractivity contribution in [1.82, 2.24) is 15.6 Å². The highest BCUT2D eigenvalue weighted by Crippen LogP contribution is 2.48. The van der Waals surface area contributed by atoms with E-state index < -0.39 is 24.2 Å². The van der Waals surface area contributed by atoms with E-state index in [1.807, 2.05) is 19.9 Å². The minimum Gasteiger partial charge on any atom is -0.471 e. The lowest BCUT2D eigenvalue weighted by Gasteiger charge is -2.47. The van der Waals surface area contributed by atoms with E-state index in [9.17, 15) is 14.3 Å². The Balaban J connectivity index is 1.76. The van der Waals surface area contributed by atoms with Gasteiger partial charge in [-0.25, -0.2) is 0 Å². The van der Waals surface area contributed by atoms with Crippen molar-refractivity contribution in [2.24, 2.45) is 5.92 Å². The SMILES string of the molecule is C=CC[C@H](NC(=O)[C@@H](C)OC)[C@H](O)CN[C@H]1CC2(CCC2)Oc2nc(F)c(CC(C)C)cc21. The van der Waals surface area contributed by atoms with Gasteiger partial charge in [0.15, 0.2) is 0 Å². The minimum absolute atomic E-state index is 0.124. The summed E-state index contributed by atoms with van der Waals surface area (Å²) in [7, 11) is 1.47. The van der Waals surface area contributed by atoms with Gasteiger partial charge in [-0.1, -0.05) is 19.9 Å². The van der Waals surface area contributed by atoms with Crippen molar-refractivity contribution in [2.45, 2.75) is 89.2 Å². The number of nitrogens with one attached hydrogen (secondary N) is 2. The molecule has 1 aliphatic carbocycles. The predicted molar refractivity (Wildman–Crippen MR) is 125 cm³/mol. The van der Waals surface area contributed by atoms with Gasteiger partial charge in [0.25, 0.3) is 0 Å². The van der Waals surface area contributed by atoms with E-state index in [4.69, 9.17) is 9.47 Å². The van der Waals surface area contributed by atoms with Crippen molar-refractivity contribution in [3.05, 3.63) is 35.8 Å². The standard InChI is InChI=1S/C25H38FN3O4/c1-6-8-19(28-23(31)16(4)32-5)21(30)14-27-20-13-25(9-7-10-25)33-24-18(20)12-17(11-15(2)3)22(26)29-24/h6,12,15-16,19-21,27,30H,1,7-11,13-14H2,2-5H3,(H,28,31)/t16-,19+,20+,21-/m1/s1. The van der Waals surface area contributed by atoms with Crippen LogP contribution in [0.3, 0.4) is 0 Å². The molecule has 7 nitrogen and oxygen atoms in total. The number of hydrogen-bond acceptors (Lipinski definition) is 6. The van der Waals surface area contributed by atoms with Crippen LogP contribution in [0.15, 0.2) is 18.7 Å². The van der Waals surface area contributed by atoms with E-state index in [0.29, 0.717) is 30.2 Å². The van der Waals surface area contributed by atoms with Gasteiger partial charge in [-0.3, -0.25) is 4.79 Å². The smallest absolute Gasteiger partial charge is 0.249 e. The molecule has 0 unspecified atom stereocenters. The number of pyridine rings is 1. The fourth-order valence-electron chi connectivity index (χ4n) is 4.54. The molecule has 0 aromatic carbocycles. The minimum atomic E-state index is -0.844. The molecule has 1 aromatic rings. The summed E-state index contributed by atoms with van der Waals surface area (Å²) in [6.45, 7) is 9.73. The summed E-state index contributed by atoms with van der Waals surface area (Å²) in [6.07, 6.45) is 4.86. The topological polar surface area (TPSA) is 92.7 Å². The van der Waals surface area contributed by atoms with Crippen LogP contribution in [-0.2, 0) is 16.0 Å². The van der Waals surface area contributed by atoms with Gasteiger partial charge in [0.1, 0.15) is 11.7 Å². The molecule has 3 N–H and O–H groups in total. The largest absolute Gasteiger partial charge is 0.471 e. The molecule has 33 heavy (non-hydrogen) atoms. The summed E-state index contributed by atoms with van der Waals surface area (Å²) in [5, 5.41) is 17.2. The lowest BCUT2D eigenvalue weighted by molar-refractivity contribution is -0.131. The molecule has 1 aromatic heterocycles. The Morgan fingerprint density at radius 3 is 2.76 bits per heavy atom. The molecule has 1 saturated carbocycles. The number of aromatic nitrogens is 1. The van der Waals surface area contributed by atoms with Gasteiger partial charge in [0, 0.05) is 37.2 Å². The highest BCUT2D eigenvalue weighted by atomic mass is 19.1. The number of fused-ring (bicyclic) bond motifs is 1. The molecule has 1 amide bonds. The molecule has 4 atom stereocenters. The average molecular weight is 464 g/mol. The van der Waals surface area contributed by atoms with Crippen molar-refractivity contribution in [3.8, 4) is 5.88 Å². The van der Waals surface area contributed by atoms with E-state index in [1.165, 1.54) is 7.11 Å². The third kappa shape index (κ3) is 6.11. The number of carbonyl (C=O) groups excluding carboxylic acids is 1. The number of aliphatic hydroxyl groups excluding tert-OH is 1. The van der Waals surface area contributed by atoms with Crippen molar-refractivity contribution >= 4 is 5.91 Å². The zero-order valence-corrected chi connectivity index (χ0v) is 20.2. The molecule has 1 aliphatic heterocycles. The second kappa shape index (κ2) is 10.9.